The maximum absolute atomic E-state index is 12.2. The van der Waals surface area contributed by atoms with E-state index >= 15 is 0 Å². The number of non-ortho nitro benzene ring substituents is 1. The Kier molecular flexibility index (Phi) is 4.87. The van der Waals surface area contributed by atoms with Crippen molar-refractivity contribution >= 4 is 51.9 Å². The summed E-state index contributed by atoms with van der Waals surface area (Å²) in [5, 5.41) is 21.5. The molecule has 0 unspecified atom stereocenters. The second-order valence-corrected chi connectivity index (χ2v) is 6.83. The van der Waals surface area contributed by atoms with E-state index in [-0.39, 0.29) is 14.9 Å². The highest BCUT2D eigenvalue weighted by atomic mass is 32.2. The summed E-state index contributed by atoms with van der Waals surface area (Å²) in [5.74, 6) is -1.23. The molecule has 0 radical (unpaired) electrons. The number of thiocarbonyl (C=S) groups is 1. The first-order valence-electron chi connectivity index (χ1n) is 7.15. The summed E-state index contributed by atoms with van der Waals surface area (Å²) in [6.45, 7) is -0.612. The Morgan fingerprint density at radius 3 is 2.81 bits per heavy atom. The van der Waals surface area contributed by atoms with Crippen LogP contribution in [0.2, 0.25) is 0 Å². The SMILES string of the molecule is O=C([O-])CN1C(=O)/C(=C\c2ccc(-c3cccc([N+](=O)[O-])c3)o2)SC1=S. The van der Waals surface area contributed by atoms with Crippen LogP contribution in [-0.4, -0.2) is 32.6 Å². The summed E-state index contributed by atoms with van der Waals surface area (Å²) < 4.78 is 5.73. The normalized spacial score (nSPS) is 15.7. The number of carboxylic acid groups (broad SMARTS) is 1. The highest BCUT2D eigenvalue weighted by molar-refractivity contribution is 8.26. The van der Waals surface area contributed by atoms with E-state index in [0.717, 1.165) is 16.7 Å². The molecule has 1 aliphatic rings. The predicted molar refractivity (Wildman–Crippen MR) is 95.7 cm³/mol. The van der Waals surface area contributed by atoms with Crippen molar-refractivity contribution in [1.82, 2.24) is 4.90 Å². The molecule has 1 aromatic carbocycles. The average molecular weight is 389 g/mol. The number of aliphatic carboxylic acids is 1. The number of carbonyl (C=O) groups is 2. The van der Waals surface area contributed by atoms with Gasteiger partial charge in [0.2, 0.25) is 0 Å². The number of nitrogens with zero attached hydrogens (tertiary/aromatic N) is 2. The van der Waals surface area contributed by atoms with Crippen LogP contribution >= 0.6 is 24.0 Å². The topological polar surface area (TPSA) is 117 Å². The highest BCUT2D eigenvalue weighted by Crippen LogP contribution is 2.33. The molecule has 1 fully saturated rings. The number of thioether (sulfide) groups is 1. The van der Waals surface area contributed by atoms with Gasteiger partial charge in [-0.25, -0.2) is 0 Å². The molecule has 0 N–H and O–H groups in total. The lowest BCUT2D eigenvalue weighted by Crippen LogP contribution is -2.40. The quantitative estimate of drug-likeness (QED) is 0.329. The maximum atomic E-state index is 12.2. The van der Waals surface area contributed by atoms with Gasteiger partial charge >= 0.3 is 0 Å². The second kappa shape index (κ2) is 7.10. The third-order valence-electron chi connectivity index (χ3n) is 3.40. The Labute approximate surface area is 156 Å². The number of benzene rings is 1. The molecule has 1 saturated heterocycles. The third-order valence-corrected chi connectivity index (χ3v) is 4.78. The minimum atomic E-state index is -1.41. The number of hydrogen-bond donors (Lipinski definition) is 0. The van der Waals surface area contributed by atoms with E-state index < -0.39 is 23.3 Å². The number of hydrogen-bond acceptors (Lipinski definition) is 8. The summed E-state index contributed by atoms with van der Waals surface area (Å²) >= 11 is 5.95. The number of amides is 1. The molecule has 132 valence electrons. The maximum Gasteiger partial charge on any atom is 0.270 e. The number of nitro groups is 1. The Morgan fingerprint density at radius 2 is 2.12 bits per heavy atom. The van der Waals surface area contributed by atoms with E-state index in [4.69, 9.17) is 16.6 Å². The van der Waals surface area contributed by atoms with Crippen LogP contribution in [0.1, 0.15) is 5.76 Å². The fraction of sp³-hybridized carbons (Fsp3) is 0.0625. The number of carboxylic acids is 1. The van der Waals surface area contributed by atoms with Crippen LogP contribution in [-0.2, 0) is 9.59 Å². The minimum Gasteiger partial charge on any atom is -0.548 e. The van der Waals surface area contributed by atoms with E-state index in [1.54, 1.807) is 24.3 Å². The summed E-state index contributed by atoms with van der Waals surface area (Å²) in [4.78, 5) is 34.4. The molecule has 0 bridgehead atoms. The van der Waals surface area contributed by atoms with Gasteiger partial charge in [-0.05, 0) is 12.1 Å². The van der Waals surface area contributed by atoms with E-state index in [0.29, 0.717) is 17.1 Å². The first-order valence-corrected chi connectivity index (χ1v) is 8.37. The van der Waals surface area contributed by atoms with Crippen LogP contribution < -0.4 is 5.11 Å². The molecule has 3 rings (SSSR count). The Morgan fingerprint density at radius 1 is 1.35 bits per heavy atom. The molecular weight excluding hydrogens is 380 g/mol. The van der Waals surface area contributed by atoms with E-state index in [1.807, 2.05) is 0 Å². The molecule has 1 aliphatic heterocycles. The number of rotatable bonds is 5. The lowest BCUT2D eigenvalue weighted by Gasteiger charge is -2.14. The molecule has 8 nitrogen and oxygen atoms in total. The summed E-state index contributed by atoms with van der Waals surface area (Å²) in [5.41, 5.74) is 0.451. The van der Waals surface area contributed by atoms with Gasteiger partial charge < -0.3 is 14.3 Å². The fourth-order valence-electron chi connectivity index (χ4n) is 2.25. The van der Waals surface area contributed by atoms with Crippen LogP contribution in [0.4, 0.5) is 5.69 Å². The lowest BCUT2D eigenvalue weighted by molar-refractivity contribution is -0.384. The van der Waals surface area contributed by atoms with Gasteiger partial charge in [0, 0.05) is 23.8 Å². The van der Waals surface area contributed by atoms with Gasteiger partial charge in [-0.2, -0.15) is 0 Å². The number of carbonyl (C=O) groups excluding carboxylic acids is 2. The average Bonchev–Trinajstić information content (AvgIpc) is 3.15. The molecule has 1 aromatic heterocycles. The molecule has 0 atom stereocenters. The molecular formula is C16H9N2O6S2-. The lowest BCUT2D eigenvalue weighted by atomic mass is 10.1. The van der Waals surface area contributed by atoms with Gasteiger partial charge in [-0.3, -0.25) is 19.8 Å². The Hall–Kier alpha value is -2.98. The van der Waals surface area contributed by atoms with Crippen molar-refractivity contribution in [2.75, 3.05) is 6.54 Å². The monoisotopic (exact) mass is 389 g/mol. The van der Waals surface area contributed by atoms with Crippen molar-refractivity contribution in [3.8, 4) is 11.3 Å². The second-order valence-electron chi connectivity index (χ2n) is 5.15. The molecule has 0 aliphatic carbocycles. The molecule has 2 heterocycles. The van der Waals surface area contributed by atoms with Crippen LogP contribution in [0.5, 0.6) is 0 Å². The van der Waals surface area contributed by atoms with Gasteiger partial charge in [0.1, 0.15) is 15.8 Å². The predicted octanol–water partition coefficient (Wildman–Crippen LogP) is 1.81. The van der Waals surface area contributed by atoms with Crippen molar-refractivity contribution in [3.05, 3.63) is 57.2 Å². The summed E-state index contributed by atoms with van der Waals surface area (Å²) in [6.07, 6.45) is 1.44. The number of furan rings is 1. The minimum absolute atomic E-state index is 0.0661. The van der Waals surface area contributed by atoms with Crippen LogP contribution in [0.25, 0.3) is 17.4 Å². The van der Waals surface area contributed by atoms with Crippen molar-refractivity contribution in [2.45, 2.75) is 0 Å². The van der Waals surface area contributed by atoms with E-state index in [1.165, 1.54) is 18.2 Å². The van der Waals surface area contributed by atoms with Crippen molar-refractivity contribution < 1.29 is 24.0 Å². The van der Waals surface area contributed by atoms with E-state index in [9.17, 15) is 24.8 Å². The smallest absolute Gasteiger partial charge is 0.270 e. The molecule has 26 heavy (non-hydrogen) atoms. The van der Waals surface area contributed by atoms with Gasteiger partial charge in [-0.1, -0.05) is 36.1 Å². The molecule has 10 heteroatoms. The molecule has 0 saturated carbocycles. The zero-order valence-electron chi connectivity index (χ0n) is 12.9. The van der Waals surface area contributed by atoms with Crippen LogP contribution in [0.3, 0.4) is 0 Å². The van der Waals surface area contributed by atoms with Crippen molar-refractivity contribution in [3.63, 3.8) is 0 Å². The first kappa shape index (κ1) is 17.8. The molecule has 0 spiro atoms. The number of nitro benzene ring substituents is 1. The largest absolute Gasteiger partial charge is 0.548 e. The highest BCUT2D eigenvalue weighted by Gasteiger charge is 2.32. The fourth-order valence-corrected chi connectivity index (χ4v) is 3.49. The van der Waals surface area contributed by atoms with Gasteiger partial charge in [0.05, 0.1) is 22.3 Å². The van der Waals surface area contributed by atoms with Gasteiger partial charge in [0.25, 0.3) is 11.6 Å². The van der Waals surface area contributed by atoms with E-state index in [2.05, 4.69) is 0 Å². The third kappa shape index (κ3) is 3.65. The summed E-state index contributed by atoms with van der Waals surface area (Å²) in [7, 11) is 0. The zero-order valence-corrected chi connectivity index (χ0v) is 14.5. The zero-order chi connectivity index (χ0) is 18.8. The molecule has 2 aromatic rings. The Balaban J connectivity index is 1.85. The van der Waals surface area contributed by atoms with Gasteiger partial charge in [0.15, 0.2) is 0 Å². The molecule has 1 amide bonds. The van der Waals surface area contributed by atoms with Crippen molar-refractivity contribution in [1.29, 1.82) is 0 Å². The summed E-state index contributed by atoms with van der Waals surface area (Å²) in [6, 6.07) is 9.17. The van der Waals surface area contributed by atoms with Crippen molar-refractivity contribution in [2.24, 2.45) is 0 Å². The van der Waals surface area contributed by atoms with Crippen LogP contribution in [0, 0.1) is 10.1 Å². The van der Waals surface area contributed by atoms with Crippen LogP contribution in [0.15, 0.2) is 45.7 Å². The standard InChI is InChI=1S/C16H10N2O6S2/c19-14(20)8-17-15(21)13(26-16(17)25)7-11-4-5-12(24-11)9-2-1-3-10(6-9)18(22)23/h1-7H,8H2,(H,19,20)/p-1/b13-7+. The van der Waals surface area contributed by atoms with Gasteiger partial charge in [-0.15, -0.1) is 0 Å². The Bertz CT molecular complexity index is 965. The first-order chi connectivity index (χ1) is 12.3.